The second kappa shape index (κ2) is 5.90. The number of aromatic nitrogens is 5. The van der Waals surface area contributed by atoms with Crippen LogP contribution in [0.4, 0.5) is 0 Å². The molecule has 3 heterocycles. The van der Waals surface area contributed by atoms with Crippen LogP contribution in [-0.4, -0.2) is 30.5 Å². The summed E-state index contributed by atoms with van der Waals surface area (Å²) in [6.07, 6.45) is 6.09. The topological polar surface area (TPSA) is 77.6 Å². The first-order valence-electron chi connectivity index (χ1n) is 7.79. The second-order valence-corrected chi connectivity index (χ2v) is 5.90. The van der Waals surface area contributed by atoms with Crippen LogP contribution in [0.25, 0.3) is 0 Å². The van der Waals surface area contributed by atoms with Crippen LogP contribution in [0.15, 0.2) is 6.20 Å². The van der Waals surface area contributed by atoms with E-state index in [1.165, 1.54) is 6.42 Å². The Bertz CT molecular complexity index is 686. The molecule has 7 heteroatoms. The van der Waals surface area contributed by atoms with E-state index in [2.05, 4.69) is 25.2 Å². The van der Waals surface area contributed by atoms with Crippen LogP contribution >= 0.6 is 0 Å². The lowest BCUT2D eigenvalue weighted by Gasteiger charge is -2.15. The van der Waals surface area contributed by atoms with Gasteiger partial charge >= 0.3 is 0 Å². The maximum atomic E-state index is 12.4. The van der Waals surface area contributed by atoms with Gasteiger partial charge in [0.25, 0.3) is 5.91 Å². The highest BCUT2D eigenvalue weighted by Crippen LogP contribution is 2.19. The molecule has 1 aliphatic rings. The molecule has 7 nitrogen and oxygen atoms in total. The van der Waals surface area contributed by atoms with Gasteiger partial charge in [-0.25, -0.2) is 0 Å². The van der Waals surface area contributed by atoms with E-state index in [1.54, 1.807) is 10.9 Å². The van der Waals surface area contributed by atoms with Gasteiger partial charge in [-0.2, -0.15) is 5.10 Å². The number of carbonyl (C=O) groups is 1. The predicted octanol–water partition coefficient (Wildman–Crippen LogP) is 1.54. The Labute approximate surface area is 129 Å². The van der Waals surface area contributed by atoms with Crippen molar-refractivity contribution in [3.05, 3.63) is 29.1 Å². The number of hydrogen-bond acceptors (Lipinski definition) is 4. The fraction of sp³-hybridized carbons (Fsp3) is 0.600. The van der Waals surface area contributed by atoms with Gasteiger partial charge in [-0.15, -0.1) is 10.2 Å². The van der Waals surface area contributed by atoms with Crippen LogP contribution in [0.5, 0.6) is 0 Å². The summed E-state index contributed by atoms with van der Waals surface area (Å²) in [5.74, 6) is 1.75. The van der Waals surface area contributed by atoms with Crippen molar-refractivity contribution in [2.45, 2.75) is 52.1 Å². The van der Waals surface area contributed by atoms with Gasteiger partial charge in [-0.1, -0.05) is 6.42 Å². The number of aryl methyl sites for hydroxylation is 2. The van der Waals surface area contributed by atoms with Crippen LogP contribution in [0, 0.1) is 6.92 Å². The van der Waals surface area contributed by atoms with E-state index in [0.717, 1.165) is 43.1 Å². The van der Waals surface area contributed by atoms with Crippen molar-refractivity contribution < 1.29 is 4.79 Å². The zero-order valence-electron chi connectivity index (χ0n) is 13.3. The Hall–Kier alpha value is -2.18. The minimum Gasteiger partial charge on any atom is -0.342 e. The van der Waals surface area contributed by atoms with Gasteiger partial charge in [0.05, 0.1) is 17.8 Å². The summed E-state index contributed by atoms with van der Waals surface area (Å²) in [6.45, 7) is 4.77. The van der Waals surface area contributed by atoms with Crippen molar-refractivity contribution in [3.8, 4) is 0 Å². The number of carbonyl (C=O) groups excluding carboxylic acids is 1. The molecule has 0 bridgehead atoms. The zero-order valence-corrected chi connectivity index (χ0v) is 13.3. The Morgan fingerprint density at radius 3 is 2.86 bits per heavy atom. The summed E-state index contributed by atoms with van der Waals surface area (Å²) < 4.78 is 3.86. The van der Waals surface area contributed by atoms with E-state index in [0.29, 0.717) is 5.56 Å². The van der Waals surface area contributed by atoms with Gasteiger partial charge in [-0.3, -0.25) is 9.48 Å². The molecule has 0 aliphatic carbocycles. The molecule has 0 spiro atoms. The molecule has 1 atom stereocenters. The quantitative estimate of drug-likeness (QED) is 0.933. The summed E-state index contributed by atoms with van der Waals surface area (Å²) in [7, 11) is 1.83. The molecule has 3 rings (SSSR count). The first-order valence-corrected chi connectivity index (χ1v) is 7.79. The molecule has 2 aromatic heterocycles. The third-order valence-corrected chi connectivity index (χ3v) is 4.35. The van der Waals surface area contributed by atoms with Crippen molar-refractivity contribution in [2.75, 3.05) is 0 Å². The number of hydrogen-bond donors (Lipinski definition) is 1. The minimum atomic E-state index is -0.175. The highest BCUT2D eigenvalue weighted by atomic mass is 16.1. The highest BCUT2D eigenvalue weighted by molar-refractivity contribution is 5.95. The van der Waals surface area contributed by atoms with E-state index >= 15 is 0 Å². The second-order valence-electron chi connectivity index (χ2n) is 5.90. The van der Waals surface area contributed by atoms with Crippen LogP contribution in [0.2, 0.25) is 0 Å². The standard InChI is InChI=1S/C15H22N6O/c1-10(17-15(22)12-9-16-20(3)11(12)2)14-19-18-13-7-5-4-6-8-21(13)14/h9-10H,4-8H2,1-3H3,(H,17,22)/t10-/m1/s1. The summed E-state index contributed by atoms with van der Waals surface area (Å²) >= 11 is 0. The molecule has 22 heavy (non-hydrogen) atoms. The molecule has 0 saturated heterocycles. The van der Waals surface area contributed by atoms with Crippen LogP contribution in [0.1, 0.15) is 59.9 Å². The molecule has 0 aromatic carbocycles. The van der Waals surface area contributed by atoms with E-state index in [1.807, 2.05) is 20.9 Å². The van der Waals surface area contributed by atoms with Crippen molar-refractivity contribution in [2.24, 2.45) is 7.05 Å². The fourth-order valence-electron chi connectivity index (χ4n) is 2.89. The maximum Gasteiger partial charge on any atom is 0.255 e. The van der Waals surface area contributed by atoms with Gasteiger partial charge < -0.3 is 9.88 Å². The SMILES string of the molecule is Cc1c(C(=O)N[C@H](C)c2nnc3n2CCCCC3)cnn1C. The van der Waals surface area contributed by atoms with Crippen LogP contribution in [0.3, 0.4) is 0 Å². The van der Waals surface area contributed by atoms with Crippen LogP contribution in [-0.2, 0) is 20.0 Å². The number of rotatable bonds is 3. The summed E-state index contributed by atoms with van der Waals surface area (Å²) in [6, 6.07) is -0.175. The largest absolute Gasteiger partial charge is 0.342 e. The summed E-state index contributed by atoms with van der Waals surface area (Å²) in [5, 5.41) is 15.7. The van der Waals surface area contributed by atoms with Crippen molar-refractivity contribution >= 4 is 5.91 Å². The molecular weight excluding hydrogens is 280 g/mol. The van der Waals surface area contributed by atoms with Crippen molar-refractivity contribution in [3.63, 3.8) is 0 Å². The van der Waals surface area contributed by atoms with Gasteiger partial charge in [0.1, 0.15) is 5.82 Å². The molecule has 0 radical (unpaired) electrons. The lowest BCUT2D eigenvalue weighted by atomic mass is 10.2. The molecule has 2 aromatic rings. The molecule has 118 valence electrons. The first-order chi connectivity index (χ1) is 10.6. The first kappa shape index (κ1) is 14.7. The third kappa shape index (κ3) is 2.63. The highest BCUT2D eigenvalue weighted by Gasteiger charge is 2.22. The van der Waals surface area contributed by atoms with Crippen molar-refractivity contribution in [1.82, 2.24) is 29.9 Å². The minimum absolute atomic E-state index is 0.121. The van der Waals surface area contributed by atoms with Gasteiger partial charge in [0.2, 0.25) is 0 Å². The zero-order chi connectivity index (χ0) is 15.7. The van der Waals surface area contributed by atoms with E-state index in [4.69, 9.17) is 0 Å². The van der Waals surface area contributed by atoms with Gasteiger partial charge in [-0.05, 0) is 26.7 Å². The third-order valence-electron chi connectivity index (χ3n) is 4.35. The molecule has 1 aliphatic heterocycles. The molecule has 0 unspecified atom stereocenters. The fourth-order valence-corrected chi connectivity index (χ4v) is 2.89. The molecular formula is C15H22N6O. The van der Waals surface area contributed by atoms with Crippen LogP contribution < -0.4 is 5.32 Å². The maximum absolute atomic E-state index is 12.4. The molecule has 1 amide bonds. The molecule has 0 saturated carbocycles. The average Bonchev–Trinajstić information content (AvgIpc) is 2.95. The summed E-state index contributed by atoms with van der Waals surface area (Å²) in [4.78, 5) is 12.4. The lowest BCUT2D eigenvalue weighted by molar-refractivity contribution is 0.0936. The normalized spacial score (nSPS) is 16.0. The average molecular weight is 302 g/mol. The van der Waals surface area contributed by atoms with Gasteiger partial charge in [0, 0.05) is 25.7 Å². The number of fused-ring (bicyclic) bond motifs is 1. The summed E-state index contributed by atoms with van der Waals surface area (Å²) in [5.41, 5.74) is 1.45. The lowest BCUT2D eigenvalue weighted by Crippen LogP contribution is -2.29. The van der Waals surface area contributed by atoms with E-state index < -0.39 is 0 Å². The van der Waals surface area contributed by atoms with E-state index in [-0.39, 0.29) is 11.9 Å². The van der Waals surface area contributed by atoms with Crippen molar-refractivity contribution in [1.29, 1.82) is 0 Å². The number of nitrogens with one attached hydrogen (secondary N) is 1. The Morgan fingerprint density at radius 1 is 1.32 bits per heavy atom. The smallest absolute Gasteiger partial charge is 0.255 e. The monoisotopic (exact) mass is 302 g/mol. The number of nitrogens with zero attached hydrogens (tertiary/aromatic N) is 5. The number of amides is 1. The Kier molecular flexibility index (Phi) is 3.96. The Balaban J connectivity index is 1.77. The Morgan fingerprint density at radius 2 is 2.14 bits per heavy atom. The molecule has 1 N–H and O–H groups in total. The predicted molar refractivity (Wildman–Crippen MR) is 81.4 cm³/mol. The van der Waals surface area contributed by atoms with Gasteiger partial charge in [0.15, 0.2) is 5.82 Å². The molecule has 0 fully saturated rings. The van der Waals surface area contributed by atoms with E-state index in [9.17, 15) is 4.79 Å².